The zero-order valence-corrected chi connectivity index (χ0v) is 54.9. The predicted molar refractivity (Wildman–Crippen MR) is 349 cm³/mol. The summed E-state index contributed by atoms with van der Waals surface area (Å²) in [6.45, 7) is 6.74. The third-order valence-corrected chi connectivity index (χ3v) is 17.4. The molecule has 6 nitrogen and oxygen atoms in total. The van der Waals surface area contributed by atoms with Crippen molar-refractivity contribution in [2.45, 2.75) is 444 Å². The molecule has 0 aliphatic carbocycles. The number of hydrogen-bond donors (Lipinski definition) is 0. The number of hydrogen-bond acceptors (Lipinski definition) is 6. The van der Waals surface area contributed by atoms with E-state index in [-0.39, 0.29) is 31.1 Å². The Bertz CT molecular complexity index is 1200. The number of rotatable bonds is 70. The van der Waals surface area contributed by atoms with Crippen LogP contribution in [0.4, 0.5) is 0 Å². The highest BCUT2D eigenvalue weighted by Gasteiger charge is 2.20. The molecule has 1 unspecified atom stereocenters. The molecule has 6 heteroatoms. The molecule has 0 aliphatic rings. The quantitative estimate of drug-likeness (QED) is 0.0343. The number of carbonyl (C=O) groups is 3. The van der Waals surface area contributed by atoms with Gasteiger partial charge in [-0.25, -0.2) is 0 Å². The summed E-state index contributed by atoms with van der Waals surface area (Å²) in [5, 5.41) is 0. The first-order chi connectivity index (χ1) is 39.5. The van der Waals surface area contributed by atoms with Gasteiger partial charge in [0.15, 0.2) is 6.10 Å². The van der Waals surface area contributed by atoms with Crippen molar-refractivity contribution >= 4 is 17.9 Å². The fraction of sp³-hybridized carbons (Fsp3) is 0.959. The first-order valence-electron chi connectivity index (χ1n) is 37.0. The largest absolute Gasteiger partial charge is 0.462 e. The monoisotopic (exact) mass is 1130 g/mol. The van der Waals surface area contributed by atoms with Gasteiger partial charge in [0.1, 0.15) is 13.2 Å². The molecule has 0 bridgehead atoms. The predicted octanol–water partition coefficient (Wildman–Crippen LogP) is 25.4. The van der Waals surface area contributed by atoms with Crippen LogP contribution in [-0.4, -0.2) is 37.2 Å². The fourth-order valence-electron chi connectivity index (χ4n) is 11.8. The highest BCUT2D eigenvalue weighted by molar-refractivity contribution is 5.71. The van der Waals surface area contributed by atoms with Crippen LogP contribution in [0.15, 0.2) is 0 Å². The average Bonchev–Trinajstić information content (AvgIpc) is 3.46. The van der Waals surface area contributed by atoms with E-state index >= 15 is 0 Å². The normalized spacial score (nSPS) is 11.9. The molecule has 0 radical (unpaired) electrons. The van der Waals surface area contributed by atoms with Gasteiger partial charge in [-0.2, -0.15) is 0 Å². The Morgan fingerprint density at radius 2 is 0.338 bits per heavy atom. The summed E-state index contributed by atoms with van der Waals surface area (Å²) in [5.41, 5.74) is 0. The summed E-state index contributed by atoms with van der Waals surface area (Å²) in [6, 6.07) is 0. The highest BCUT2D eigenvalue weighted by atomic mass is 16.6. The number of ether oxygens (including phenoxy) is 3. The molecular formula is C74H144O6. The minimum absolute atomic E-state index is 0.0603. The van der Waals surface area contributed by atoms with Gasteiger partial charge in [0, 0.05) is 19.3 Å². The van der Waals surface area contributed by atoms with Crippen LogP contribution in [0.1, 0.15) is 438 Å². The van der Waals surface area contributed by atoms with Crippen LogP contribution in [0.5, 0.6) is 0 Å². The molecule has 1 atom stereocenters. The molecule has 0 amide bonds. The van der Waals surface area contributed by atoms with Gasteiger partial charge in [-0.05, 0) is 19.3 Å². The molecule has 0 aliphatic heterocycles. The summed E-state index contributed by atoms with van der Waals surface area (Å²) >= 11 is 0. The van der Waals surface area contributed by atoms with Gasteiger partial charge >= 0.3 is 17.9 Å². The van der Waals surface area contributed by atoms with Gasteiger partial charge in [0.05, 0.1) is 0 Å². The molecule has 476 valence electrons. The van der Waals surface area contributed by atoms with E-state index in [1.807, 2.05) is 0 Å². The molecule has 0 aromatic heterocycles. The van der Waals surface area contributed by atoms with Gasteiger partial charge in [-0.3, -0.25) is 14.4 Å². The van der Waals surface area contributed by atoms with E-state index in [1.165, 1.54) is 340 Å². The Morgan fingerprint density at radius 3 is 0.500 bits per heavy atom. The van der Waals surface area contributed by atoms with Crippen LogP contribution in [-0.2, 0) is 28.6 Å². The van der Waals surface area contributed by atoms with Crippen LogP contribution in [0, 0.1) is 0 Å². The summed E-state index contributed by atoms with van der Waals surface area (Å²) in [5.74, 6) is -0.821. The van der Waals surface area contributed by atoms with Crippen LogP contribution < -0.4 is 0 Å². The lowest BCUT2D eigenvalue weighted by Gasteiger charge is -2.18. The fourth-order valence-corrected chi connectivity index (χ4v) is 11.8. The van der Waals surface area contributed by atoms with Crippen molar-refractivity contribution in [1.82, 2.24) is 0 Å². The van der Waals surface area contributed by atoms with Gasteiger partial charge in [-0.15, -0.1) is 0 Å². The molecule has 0 rings (SSSR count). The van der Waals surface area contributed by atoms with Crippen molar-refractivity contribution in [2.75, 3.05) is 13.2 Å². The third-order valence-electron chi connectivity index (χ3n) is 17.4. The van der Waals surface area contributed by atoms with E-state index < -0.39 is 6.10 Å². The topological polar surface area (TPSA) is 78.9 Å². The molecule has 0 fully saturated rings. The van der Waals surface area contributed by atoms with Crippen molar-refractivity contribution in [3.63, 3.8) is 0 Å². The van der Waals surface area contributed by atoms with E-state index in [9.17, 15) is 14.4 Å². The maximum atomic E-state index is 13.0. The summed E-state index contributed by atoms with van der Waals surface area (Å²) in [7, 11) is 0. The Morgan fingerprint density at radius 1 is 0.200 bits per heavy atom. The second-order valence-corrected chi connectivity index (χ2v) is 25.6. The molecule has 0 aromatic carbocycles. The van der Waals surface area contributed by atoms with Crippen LogP contribution in [0.3, 0.4) is 0 Å². The van der Waals surface area contributed by atoms with Crippen LogP contribution >= 0.6 is 0 Å². The molecule has 0 saturated carbocycles. The van der Waals surface area contributed by atoms with Crippen molar-refractivity contribution in [1.29, 1.82) is 0 Å². The van der Waals surface area contributed by atoms with Gasteiger partial charge in [0.25, 0.3) is 0 Å². The van der Waals surface area contributed by atoms with Gasteiger partial charge in [0.2, 0.25) is 0 Å². The number of unbranched alkanes of at least 4 members (excludes halogenated alkanes) is 59. The first kappa shape index (κ1) is 78.4. The summed E-state index contributed by atoms with van der Waals surface area (Å²) < 4.78 is 17.0. The standard InChI is InChI=1S/C74H144O6/c1-4-7-10-13-16-19-22-24-26-28-30-32-34-36-37-38-40-41-43-45-47-49-52-55-58-61-64-67-73(76)79-70-71(69-78-72(75)66-63-60-57-54-51-21-18-15-12-9-6-3)80-74(77)68-65-62-59-56-53-50-48-46-44-42-39-35-33-31-29-27-25-23-20-17-14-11-8-5-2/h71H,4-70H2,1-3H3. The first-order valence-corrected chi connectivity index (χ1v) is 37.0. The highest BCUT2D eigenvalue weighted by Crippen LogP contribution is 2.20. The van der Waals surface area contributed by atoms with Crippen molar-refractivity contribution in [2.24, 2.45) is 0 Å². The Labute approximate surface area is 501 Å². The van der Waals surface area contributed by atoms with Gasteiger partial charge < -0.3 is 14.2 Å². The van der Waals surface area contributed by atoms with E-state index in [2.05, 4.69) is 20.8 Å². The second kappa shape index (κ2) is 69.9. The number of esters is 3. The van der Waals surface area contributed by atoms with Crippen LogP contribution in [0.2, 0.25) is 0 Å². The number of carbonyl (C=O) groups excluding carboxylic acids is 3. The smallest absolute Gasteiger partial charge is 0.306 e. The summed E-state index contributed by atoms with van der Waals surface area (Å²) in [4.78, 5) is 38.4. The van der Waals surface area contributed by atoms with E-state index in [4.69, 9.17) is 14.2 Å². The molecule has 0 N–H and O–H groups in total. The molecule has 0 spiro atoms. The molecule has 0 aromatic rings. The maximum Gasteiger partial charge on any atom is 0.306 e. The van der Waals surface area contributed by atoms with Gasteiger partial charge in [-0.1, -0.05) is 400 Å². The van der Waals surface area contributed by atoms with Crippen molar-refractivity contribution < 1.29 is 28.6 Å². The van der Waals surface area contributed by atoms with Crippen LogP contribution in [0.25, 0.3) is 0 Å². The minimum atomic E-state index is -0.763. The van der Waals surface area contributed by atoms with E-state index in [0.717, 1.165) is 57.8 Å². The summed E-state index contributed by atoms with van der Waals surface area (Å²) in [6.07, 6.45) is 83.0. The SMILES string of the molecule is CCCCCCCCCCCCCCCCCCCCCCCCCCCCCC(=O)OCC(COC(=O)CCCCCCCCCCCCC)OC(=O)CCCCCCCCCCCCCCCCCCCCCCCCCC. The van der Waals surface area contributed by atoms with E-state index in [1.54, 1.807) is 0 Å². The Balaban J connectivity index is 4.11. The zero-order valence-electron chi connectivity index (χ0n) is 54.9. The van der Waals surface area contributed by atoms with E-state index in [0.29, 0.717) is 19.3 Å². The lowest BCUT2D eigenvalue weighted by atomic mass is 10.0. The lowest BCUT2D eigenvalue weighted by molar-refractivity contribution is -0.167. The minimum Gasteiger partial charge on any atom is -0.462 e. The molecule has 80 heavy (non-hydrogen) atoms. The second-order valence-electron chi connectivity index (χ2n) is 25.6. The Kier molecular flexibility index (Phi) is 68.5. The van der Waals surface area contributed by atoms with Crippen molar-refractivity contribution in [3.05, 3.63) is 0 Å². The van der Waals surface area contributed by atoms with Crippen molar-refractivity contribution in [3.8, 4) is 0 Å². The molecule has 0 saturated heterocycles. The average molecular weight is 1130 g/mol. The lowest BCUT2D eigenvalue weighted by Crippen LogP contribution is -2.30. The molecular weight excluding hydrogens is 985 g/mol. The molecule has 0 heterocycles. The Hall–Kier alpha value is -1.59. The zero-order chi connectivity index (χ0) is 57.8. The third kappa shape index (κ3) is 67.2. The maximum absolute atomic E-state index is 13.0.